The Hall–Kier alpha value is -2.71. The van der Waals surface area contributed by atoms with Crippen molar-refractivity contribution in [2.75, 3.05) is 25.1 Å². The second-order valence-electron chi connectivity index (χ2n) is 8.26. The van der Waals surface area contributed by atoms with Crippen molar-refractivity contribution < 1.29 is 18.3 Å². The van der Waals surface area contributed by atoms with E-state index in [-0.39, 0.29) is 18.4 Å². The van der Waals surface area contributed by atoms with E-state index < -0.39 is 6.61 Å². The van der Waals surface area contributed by atoms with E-state index >= 15 is 0 Å². The SMILES string of the molecule is CCc1nc2cc(Cl)ccn2c1C(=O)NCc1ccc(N(C)CCC(CC)COC(F)F)cc1. The van der Waals surface area contributed by atoms with Crippen LogP contribution in [-0.4, -0.2) is 42.1 Å². The predicted octanol–water partition coefficient (Wildman–Crippen LogP) is 5.57. The number of anilines is 1. The number of hydrogen-bond donors (Lipinski definition) is 1. The molecule has 0 spiro atoms. The number of benzene rings is 1. The summed E-state index contributed by atoms with van der Waals surface area (Å²) in [5, 5.41) is 3.55. The summed E-state index contributed by atoms with van der Waals surface area (Å²) in [6.45, 7) is 2.41. The number of alkyl halides is 2. The number of nitrogens with zero attached hydrogens (tertiary/aromatic N) is 3. The van der Waals surface area contributed by atoms with Crippen LogP contribution in [0.1, 0.15) is 48.4 Å². The summed E-state index contributed by atoms with van der Waals surface area (Å²) >= 11 is 6.06. The number of imidazole rings is 1. The molecule has 1 unspecified atom stereocenters. The number of carbonyl (C=O) groups excluding carboxylic acids is 1. The minimum atomic E-state index is -2.72. The third kappa shape index (κ3) is 6.67. The number of fused-ring (bicyclic) bond motifs is 1. The quantitative estimate of drug-likeness (QED) is 0.359. The number of carbonyl (C=O) groups is 1. The monoisotopic (exact) mass is 492 g/mol. The maximum atomic E-state index is 12.9. The third-order valence-corrected chi connectivity index (χ3v) is 6.18. The molecule has 9 heteroatoms. The van der Waals surface area contributed by atoms with Gasteiger partial charge in [-0.1, -0.05) is 44.0 Å². The van der Waals surface area contributed by atoms with Crippen molar-refractivity contribution in [2.45, 2.75) is 46.3 Å². The van der Waals surface area contributed by atoms with Crippen molar-refractivity contribution >= 4 is 28.8 Å². The van der Waals surface area contributed by atoms with Crippen molar-refractivity contribution in [2.24, 2.45) is 5.92 Å². The number of aromatic nitrogens is 2. The van der Waals surface area contributed by atoms with Crippen LogP contribution in [0.15, 0.2) is 42.6 Å². The number of nitrogens with one attached hydrogen (secondary N) is 1. The predicted molar refractivity (Wildman–Crippen MR) is 131 cm³/mol. The zero-order chi connectivity index (χ0) is 24.7. The summed E-state index contributed by atoms with van der Waals surface area (Å²) in [6.07, 6.45) is 3.95. The first-order valence-corrected chi connectivity index (χ1v) is 11.8. The molecule has 3 aromatic rings. The lowest BCUT2D eigenvalue weighted by molar-refractivity contribution is -0.138. The minimum Gasteiger partial charge on any atom is -0.375 e. The standard InChI is InChI=1S/C25H31ClF2N4O2/c1-4-17(16-34-25(27)28)10-12-31(3)20-8-6-18(7-9-20)15-29-24(33)23-21(5-2)30-22-14-19(26)11-13-32(22)23/h6-9,11,13-14,17,25H,4-5,10,12,15-16H2,1-3H3,(H,29,33). The van der Waals surface area contributed by atoms with E-state index in [9.17, 15) is 13.6 Å². The molecule has 1 atom stereocenters. The highest BCUT2D eigenvalue weighted by Crippen LogP contribution is 2.19. The fourth-order valence-electron chi connectivity index (χ4n) is 3.81. The zero-order valence-electron chi connectivity index (χ0n) is 19.7. The second kappa shape index (κ2) is 12.1. The van der Waals surface area contributed by atoms with Gasteiger partial charge >= 0.3 is 6.61 Å². The van der Waals surface area contributed by atoms with Crippen LogP contribution in [0.5, 0.6) is 0 Å². The highest BCUT2D eigenvalue weighted by molar-refractivity contribution is 6.30. The van der Waals surface area contributed by atoms with Gasteiger partial charge in [-0.15, -0.1) is 0 Å². The molecule has 0 aliphatic carbocycles. The molecule has 0 saturated carbocycles. The van der Waals surface area contributed by atoms with Gasteiger partial charge in [0.15, 0.2) is 0 Å². The molecule has 0 radical (unpaired) electrons. The number of amides is 1. The lowest BCUT2D eigenvalue weighted by Crippen LogP contribution is -2.25. The van der Waals surface area contributed by atoms with E-state index in [4.69, 9.17) is 11.6 Å². The topological polar surface area (TPSA) is 58.9 Å². The van der Waals surface area contributed by atoms with Crippen molar-refractivity contribution in [1.82, 2.24) is 14.7 Å². The van der Waals surface area contributed by atoms with Gasteiger partial charge in [0.25, 0.3) is 5.91 Å². The number of aryl methyl sites for hydroxylation is 1. The van der Waals surface area contributed by atoms with Gasteiger partial charge in [0, 0.05) is 43.1 Å². The van der Waals surface area contributed by atoms with E-state index in [2.05, 4.69) is 19.9 Å². The molecule has 3 rings (SSSR count). The van der Waals surface area contributed by atoms with Gasteiger partial charge in [0.1, 0.15) is 11.3 Å². The molecule has 1 aromatic carbocycles. The van der Waals surface area contributed by atoms with Crippen LogP contribution in [0.4, 0.5) is 14.5 Å². The Morgan fingerprint density at radius 1 is 1.24 bits per heavy atom. The minimum absolute atomic E-state index is 0.0693. The first-order chi connectivity index (χ1) is 16.3. The van der Waals surface area contributed by atoms with Crippen molar-refractivity contribution in [3.05, 3.63) is 64.6 Å². The van der Waals surface area contributed by atoms with E-state index in [0.29, 0.717) is 29.3 Å². The van der Waals surface area contributed by atoms with Gasteiger partial charge in [-0.2, -0.15) is 8.78 Å². The Balaban J connectivity index is 1.57. The summed E-state index contributed by atoms with van der Waals surface area (Å²) in [5.74, 6) is -0.0981. The molecule has 6 nitrogen and oxygen atoms in total. The van der Waals surface area contributed by atoms with E-state index in [1.807, 2.05) is 45.2 Å². The lowest BCUT2D eigenvalue weighted by Gasteiger charge is -2.23. The number of hydrogen-bond acceptors (Lipinski definition) is 4. The van der Waals surface area contributed by atoms with Gasteiger partial charge in [-0.05, 0) is 42.5 Å². The summed E-state index contributed by atoms with van der Waals surface area (Å²) < 4.78 is 30.8. The molecule has 0 aliphatic heterocycles. The summed E-state index contributed by atoms with van der Waals surface area (Å²) in [6, 6.07) is 11.4. The number of rotatable bonds is 12. The molecule has 184 valence electrons. The van der Waals surface area contributed by atoms with Gasteiger partial charge in [-0.25, -0.2) is 4.98 Å². The fraction of sp³-hybridized carbons (Fsp3) is 0.440. The maximum Gasteiger partial charge on any atom is 0.345 e. The van der Waals surface area contributed by atoms with Gasteiger partial charge in [0.2, 0.25) is 0 Å². The van der Waals surface area contributed by atoms with Gasteiger partial charge in [0.05, 0.1) is 12.3 Å². The average Bonchev–Trinajstić information content (AvgIpc) is 3.20. The molecule has 1 N–H and O–H groups in total. The third-order valence-electron chi connectivity index (χ3n) is 5.95. The Kier molecular flexibility index (Phi) is 9.24. The van der Waals surface area contributed by atoms with Crippen LogP contribution in [0.2, 0.25) is 5.02 Å². The summed E-state index contributed by atoms with van der Waals surface area (Å²) in [7, 11) is 1.97. The molecule has 0 bridgehead atoms. The van der Waals surface area contributed by atoms with E-state index in [1.165, 1.54) is 0 Å². The highest BCUT2D eigenvalue weighted by atomic mass is 35.5. The first-order valence-electron chi connectivity index (χ1n) is 11.5. The molecular weight excluding hydrogens is 462 g/mol. The van der Waals surface area contributed by atoms with Gasteiger partial charge < -0.3 is 15.0 Å². The molecule has 2 aromatic heterocycles. The van der Waals surface area contributed by atoms with Crippen LogP contribution >= 0.6 is 11.6 Å². The van der Waals surface area contributed by atoms with Crippen LogP contribution in [0, 0.1) is 5.92 Å². The highest BCUT2D eigenvalue weighted by Gasteiger charge is 2.18. The van der Waals surface area contributed by atoms with Crippen LogP contribution in [-0.2, 0) is 17.7 Å². The Labute approximate surface area is 203 Å². The lowest BCUT2D eigenvalue weighted by atomic mass is 10.0. The van der Waals surface area contributed by atoms with Crippen molar-refractivity contribution in [1.29, 1.82) is 0 Å². The van der Waals surface area contributed by atoms with Crippen LogP contribution in [0.3, 0.4) is 0 Å². The van der Waals surface area contributed by atoms with E-state index in [0.717, 1.165) is 36.3 Å². The second-order valence-corrected chi connectivity index (χ2v) is 8.70. The van der Waals surface area contributed by atoms with Gasteiger partial charge in [-0.3, -0.25) is 9.20 Å². The molecule has 2 heterocycles. The van der Waals surface area contributed by atoms with E-state index in [1.54, 1.807) is 22.7 Å². The summed E-state index contributed by atoms with van der Waals surface area (Å²) in [5.41, 5.74) is 3.88. The molecule has 34 heavy (non-hydrogen) atoms. The van der Waals surface area contributed by atoms with Crippen LogP contribution in [0.25, 0.3) is 5.65 Å². The molecular formula is C25H31ClF2N4O2. The largest absolute Gasteiger partial charge is 0.375 e. The van der Waals surface area contributed by atoms with Crippen molar-refractivity contribution in [3.63, 3.8) is 0 Å². The average molecular weight is 493 g/mol. The zero-order valence-corrected chi connectivity index (χ0v) is 20.5. The number of pyridine rings is 1. The Bertz CT molecular complexity index is 1090. The first kappa shape index (κ1) is 25.9. The number of ether oxygens (including phenoxy) is 1. The Morgan fingerprint density at radius 3 is 2.62 bits per heavy atom. The van der Waals surface area contributed by atoms with Crippen LogP contribution < -0.4 is 10.2 Å². The molecule has 0 fully saturated rings. The maximum absolute atomic E-state index is 12.9. The summed E-state index contributed by atoms with van der Waals surface area (Å²) in [4.78, 5) is 19.5. The normalized spacial score (nSPS) is 12.3. The fourth-order valence-corrected chi connectivity index (χ4v) is 3.96. The Morgan fingerprint density at radius 2 is 1.97 bits per heavy atom. The van der Waals surface area contributed by atoms with Crippen molar-refractivity contribution in [3.8, 4) is 0 Å². The molecule has 0 aliphatic rings. The molecule has 0 saturated heterocycles. The number of halogens is 3. The smallest absolute Gasteiger partial charge is 0.345 e. The molecule has 1 amide bonds.